The first-order valence-electron chi connectivity index (χ1n) is 7.33. The molecule has 6 heteroatoms. The molecule has 2 aliphatic heterocycles. The second-order valence-corrected chi connectivity index (χ2v) is 5.96. The molecule has 116 valence electrons. The number of nitrogens with zero attached hydrogens (tertiary/aromatic N) is 2. The van der Waals surface area contributed by atoms with Gasteiger partial charge in [-0.25, -0.2) is 4.57 Å². The predicted molar refractivity (Wildman–Crippen MR) is 73.6 cm³/mol. The van der Waals surface area contributed by atoms with Crippen molar-refractivity contribution in [1.82, 2.24) is 4.90 Å². The quantitative estimate of drug-likeness (QED) is 0.561. The lowest BCUT2D eigenvalue weighted by Gasteiger charge is -2.47. The molecule has 6 nitrogen and oxygen atoms in total. The van der Waals surface area contributed by atoms with Crippen LogP contribution in [0, 0.1) is 11.8 Å². The van der Waals surface area contributed by atoms with Crippen molar-refractivity contribution in [3.05, 3.63) is 41.9 Å². The molecule has 3 rings (SSSR count). The van der Waals surface area contributed by atoms with E-state index in [4.69, 9.17) is 0 Å². The third-order valence-corrected chi connectivity index (χ3v) is 4.64. The molecule has 1 N–H and O–H groups in total. The average Bonchev–Trinajstić information content (AvgIpc) is 2.70. The highest BCUT2D eigenvalue weighted by molar-refractivity contribution is 5.99. The van der Waals surface area contributed by atoms with Gasteiger partial charge in [0.05, 0.1) is 29.7 Å². The summed E-state index contributed by atoms with van der Waals surface area (Å²) in [4.78, 5) is 25.0. The normalized spacial score (nSPS) is 28.4. The average molecular weight is 302 g/mol. The molecule has 1 aromatic heterocycles. The van der Waals surface area contributed by atoms with Gasteiger partial charge in [-0.2, -0.15) is 0 Å². The number of aliphatic hydroxyl groups excluding tert-OH is 1. The molecule has 0 spiro atoms. The molecule has 1 amide bonds. The molecule has 2 unspecified atom stereocenters. The summed E-state index contributed by atoms with van der Waals surface area (Å²) >= 11 is 0. The van der Waals surface area contributed by atoms with Crippen molar-refractivity contribution in [3.63, 3.8) is 0 Å². The van der Waals surface area contributed by atoms with Crippen LogP contribution in [0.2, 0.25) is 0 Å². The summed E-state index contributed by atoms with van der Waals surface area (Å²) in [5.74, 6) is -2.34. The van der Waals surface area contributed by atoms with Gasteiger partial charge in [-0.15, -0.1) is 0 Å². The number of carboxylic acids is 1. The Hall–Kier alpha value is -2.21. The molecule has 0 bridgehead atoms. The molecular weight excluding hydrogens is 284 g/mol. The Bertz CT molecular complexity index is 653. The fourth-order valence-electron chi connectivity index (χ4n) is 3.58. The Morgan fingerprint density at radius 1 is 1.41 bits per heavy atom. The van der Waals surface area contributed by atoms with E-state index in [-0.39, 0.29) is 23.6 Å². The first-order chi connectivity index (χ1) is 10.4. The van der Waals surface area contributed by atoms with E-state index < -0.39 is 18.0 Å². The summed E-state index contributed by atoms with van der Waals surface area (Å²) in [5, 5.41) is 21.3. The minimum absolute atomic E-state index is 0.0317. The van der Waals surface area contributed by atoms with Crippen molar-refractivity contribution in [3.8, 4) is 0 Å². The molecule has 1 aromatic rings. The molecule has 0 saturated carbocycles. The SMILES string of the molecule is CC(O)[C@H]1C(=O)N2C(C(=O)[O-])=C(C[n+]3ccccc3)[C@H](C)C12. The smallest absolute Gasteiger partial charge is 0.235 e. The maximum atomic E-state index is 12.2. The van der Waals surface area contributed by atoms with Crippen LogP contribution in [0.1, 0.15) is 13.8 Å². The molecule has 1 saturated heterocycles. The van der Waals surface area contributed by atoms with E-state index in [1.54, 1.807) is 6.92 Å². The van der Waals surface area contributed by atoms with Crippen molar-refractivity contribution in [2.24, 2.45) is 11.8 Å². The first-order valence-corrected chi connectivity index (χ1v) is 7.33. The number of carbonyl (C=O) groups excluding carboxylic acids is 2. The van der Waals surface area contributed by atoms with Crippen LogP contribution in [0.3, 0.4) is 0 Å². The topological polar surface area (TPSA) is 84.5 Å². The van der Waals surface area contributed by atoms with E-state index in [1.165, 1.54) is 4.90 Å². The lowest BCUT2D eigenvalue weighted by Crippen LogP contribution is -2.64. The molecule has 1 fully saturated rings. The van der Waals surface area contributed by atoms with E-state index >= 15 is 0 Å². The van der Waals surface area contributed by atoms with Crippen molar-refractivity contribution in [2.45, 2.75) is 32.5 Å². The summed E-state index contributed by atoms with van der Waals surface area (Å²) in [6.45, 7) is 3.85. The fraction of sp³-hybridized carbons (Fsp3) is 0.438. The Labute approximate surface area is 128 Å². The maximum Gasteiger partial charge on any atom is 0.235 e. The van der Waals surface area contributed by atoms with Gasteiger partial charge in [0.15, 0.2) is 18.9 Å². The highest BCUT2D eigenvalue weighted by atomic mass is 16.4. The number of carboxylic acid groups (broad SMARTS) is 1. The minimum Gasteiger partial charge on any atom is -0.543 e. The highest BCUT2D eigenvalue weighted by Crippen LogP contribution is 2.46. The van der Waals surface area contributed by atoms with Crippen molar-refractivity contribution < 1.29 is 24.4 Å². The number of pyridine rings is 1. The van der Waals surface area contributed by atoms with E-state index in [9.17, 15) is 19.8 Å². The van der Waals surface area contributed by atoms with Crippen molar-refractivity contribution >= 4 is 11.9 Å². The fourth-order valence-corrected chi connectivity index (χ4v) is 3.58. The number of carbonyl (C=O) groups is 2. The lowest BCUT2D eigenvalue weighted by atomic mass is 9.78. The van der Waals surface area contributed by atoms with Gasteiger partial charge in [0.25, 0.3) is 0 Å². The monoisotopic (exact) mass is 302 g/mol. The molecular formula is C16H18N2O4. The molecule has 3 heterocycles. The van der Waals surface area contributed by atoms with Crippen LogP contribution in [-0.2, 0) is 16.1 Å². The molecule has 0 aliphatic carbocycles. The maximum absolute atomic E-state index is 12.2. The zero-order chi connectivity index (χ0) is 16.0. The van der Waals surface area contributed by atoms with Crippen LogP contribution >= 0.6 is 0 Å². The third-order valence-electron chi connectivity index (χ3n) is 4.64. The molecule has 22 heavy (non-hydrogen) atoms. The Morgan fingerprint density at radius 2 is 2.05 bits per heavy atom. The molecule has 0 aromatic carbocycles. The summed E-state index contributed by atoms with van der Waals surface area (Å²) in [5.41, 5.74) is 0.633. The van der Waals surface area contributed by atoms with E-state index in [2.05, 4.69) is 0 Å². The largest absolute Gasteiger partial charge is 0.543 e. The summed E-state index contributed by atoms with van der Waals surface area (Å²) in [7, 11) is 0. The van der Waals surface area contributed by atoms with Crippen molar-refractivity contribution in [2.75, 3.05) is 0 Å². The van der Waals surface area contributed by atoms with Gasteiger partial charge < -0.3 is 19.9 Å². The Balaban J connectivity index is 1.97. The molecule has 0 radical (unpaired) electrons. The van der Waals surface area contributed by atoms with Crippen LogP contribution in [0.5, 0.6) is 0 Å². The third kappa shape index (κ3) is 2.02. The van der Waals surface area contributed by atoms with Gasteiger partial charge in [0.1, 0.15) is 0 Å². The summed E-state index contributed by atoms with van der Waals surface area (Å²) in [6.07, 6.45) is 2.90. The van der Waals surface area contributed by atoms with Gasteiger partial charge in [0.2, 0.25) is 5.91 Å². The molecule has 4 atom stereocenters. The number of hydrogen-bond acceptors (Lipinski definition) is 4. The number of fused-ring (bicyclic) bond motifs is 1. The van der Waals surface area contributed by atoms with Crippen LogP contribution in [0.25, 0.3) is 0 Å². The van der Waals surface area contributed by atoms with E-state index in [0.717, 1.165) is 0 Å². The van der Waals surface area contributed by atoms with Crippen molar-refractivity contribution in [1.29, 1.82) is 0 Å². The molecule has 2 aliphatic rings. The summed E-state index contributed by atoms with van der Waals surface area (Å²) < 4.78 is 1.86. The number of β-lactam (4-membered cyclic amide) rings is 1. The number of rotatable bonds is 4. The number of aliphatic carboxylic acids is 1. The zero-order valence-electron chi connectivity index (χ0n) is 12.5. The second kappa shape index (κ2) is 5.21. The Morgan fingerprint density at radius 3 is 2.59 bits per heavy atom. The van der Waals surface area contributed by atoms with E-state index in [1.807, 2.05) is 42.1 Å². The number of amides is 1. The minimum atomic E-state index is -1.33. The lowest BCUT2D eigenvalue weighted by molar-refractivity contribution is -0.689. The zero-order valence-corrected chi connectivity index (χ0v) is 12.5. The van der Waals surface area contributed by atoms with Crippen LogP contribution < -0.4 is 9.67 Å². The second-order valence-electron chi connectivity index (χ2n) is 5.96. The van der Waals surface area contributed by atoms with Crippen LogP contribution in [-0.4, -0.2) is 34.0 Å². The van der Waals surface area contributed by atoms with Gasteiger partial charge in [0, 0.05) is 23.6 Å². The number of hydrogen-bond donors (Lipinski definition) is 1. The highest BCUT2D eigenvalue weighted by Gasteiger charge is 2.58. The van der Waals surface area contributed by atoms with Gasteiger partial charge in [-0.1, -0.05) is 13.0 Å². The van der Waals surface area contributed by atoms with Crippen LogP contribution in [0.4, 0.5) is 0 Å². The first kappa shape index (κ1) is 14.7. The predicted octanol–water partition coefficient (Wildman–Crippen LogP) is -1.16. The van der Waals surface area contributed by atoms with Crippen LogP contribution in [0.15, 0.2) is 41.9 Å². The van der Waals surface area contributed by atoms with Gasteiger partial charge in [-0.05, 0) is 6.92 Å². The van der Waals surface area contributed by atoms with Gasteiger partial charge >= 0.3 is 0 Å². The van der Waals surface area contributed by atoms with E-state index in [0.29, 0.717) is 12.1 Å². The summed E-state index contributed by atoms with van der Waals surface area (Å²) in [6, 6.07) is 5.30. The number of aromatic nitrogens is 1. The van der Waals surface area contributed by atoms with Gasteiger partial charge in [-0.3, -0.25) is 4.79 Å². The number of aliphatic hydroxyl groups is 1. The standard InChI is InChI=1S/C16H18N2O4/c1-9-11(8-17-6-4-3-5-7-17)14(16(21)22)18-13(9)12(10(2)19)15(18)20/h3-7,9-10,12-13,19H,8H2,1-2H3/t9-,10?,12+,13?/m0/s1. The Kier molecular flexibility index (Phi) is 3.48.